The third-order valence-corrected chi connectivity index (χ3v) is 2.50. The van der Waals surface area contributed by atoms with Crippen molar-refractivity contribution >= 4 is 28.6 Å². The van der Waals surface area contributed by atoms with Gasteiger partial charge >= 0.3 is 5.97 Å². The van der Waals surface area contributed by atoms with E-state index in [0.717, 1.165) is 13.2 Å². The van der Waals surface area contributed by atoms with Gasteiger partial charge in [-0.15, -0.1) is 0 Å². The number of aromatic nitrogens is 1. The van der Waals surface area contributed by atoms with E-state index in [9.17, 15) is 18.4 Å². The molecule has 0 saturated heterocycles. The fourth-order valence-corrected chi connectivity index (χ4v) is 1.75. The van der Waals surface area contributed by atoms with Crippen molar-refractivity contribution < 1.29 is 18.3 Å². The summed E-state index contributed by atoms with van der Waals surface area (Å²) in [6.07, 6.45) is -3.25. The number of alkyl halides is 2. The van der Waals surface area contributed by atoms with Crippen LogP contribution >= 0.6 is 22.6 Å². The zero-order chi connectivity index (χ0) is 12.3. The average molecular weight is 343 g/mol. The largest absolute Gasteiger partial charge is 0.469 e. The Balaban J connectivity index is 3.24. The molecule has 7 heteroatoms. The number of halogens is 3. The number of carbonyl (C=O) groups excluding carboxylic acids is 1. The van der Waals surface area contributed by atoms with Gasteiger partial charge in [-0.05, 0) is 28.7 Å². The van der Waals surface area contributed by atoms with E-state index in [4.69, 9.17) is 0 Å². The first-order valence-corrected chi connectivity index (χ1v) is 5.30. The van der Waals surface area contributed by atoms with Crippen LogP contribution in [0.15, 0.2) is 10.9 Å². The molecule has 0 aliphatic carbocycles. The fourth-order valence-electron chi connectivity index (χ4n) is 1.17. The quantitative estimate of drug-likeness (QED) is 0.516. The predicted octanol–water partition coefficient (Wildman–Crippen LogP) is 1.63. The van der Waals surface area contributed by atoms with Gasteiger partial charge in [-0.25, -0.2) is 8.78 Å². The minimum Gasteiger partial charge on any atom is -0.469 e. The van der Waals surface area contributed by atoms with Crippen molar-refractivity contribution in [3.63, 3.8) is 0 Å². The molecular weight excluding hydrogens is 335 g/mol. The lowest BCUT2D eigenvalue weighted by atomic mass is 10.1. The first kappa shape index (κ1) is 13.1. The Bertz CT molecular complexity index is 459. The van der Waals surface area contributed by atoms with Gasteiger partial charge in [-0.3, -0.25) is 9.59 Å². The van der Waals surface area contributed by atoms with Gasteiger partial charge in [-0.2, -0.15) is 0 Å². The Morgan fingerprint density at radius 3 is 2.75 bits per heavy atom. The van der Waals surface area contributed by atoms with Crippen LogP contribution in [0.2, 0.25) is 0 Å². The number of nitrogens with one attached hydrogen (secondary N) is 1. The molecule has 1 aromatic heterocycles. The summed E-state index contributed by atoms with van der Waals surface area (Å²) >= 11 is 1.72. The molecule has 0 aliphatic rings. The maximum absolute atomic E-state index is 12.6. The molecule has 0 aliphatic heterocycles. The van der Waals surface area contributed by atoms with Crippen LogP contribution in [0, 0.1) is 3.70 Å². The van der Waals surface area contributed by atoms with E-state index in [-0.39, 0.29) is 5.56 Å². The summed E-state index contributed by atoms with van der Waals surface area (Å²) in [5.74, 6) is -0.728. The van der Waals surface area contributed by atoms with E-state index in [1.165, 1.54) is 0 Å². The zero-order valence-corrected chi connectivity index (χ0v) is 10.4. The first-order valence-electron chi connectivity index (χ1n) is 4.22. The lowest BCUT2D eigenvalue weighted by Crippen LogP contribution is -2.21. The average Bonchev–Trinajstić information content (AvgIpc) is 2.20. The zero-order valence-electron chi connectivity index (χ0n) is 8.22. The number of hydrogen-bond acceptors (Lipinski definition) is 3. The molecule has 4 nitrogen and oxygen atoms in total. The van der Waals surface area contributed by atoms with E-state index in [1.54, 1.807) is 22.6 Å². The molecule has 0 spiro atoms. The van der Waals surface area contributed by atoms with Crippen molar-refractivity contribution in [1.29, 1.82) is 0 Å². The smallest absolute Gasteiger partial charge is 0.310 e. The molecule has 0 saturated carbocycles. The Labute approximate surface area is 103 Å². The number of aromatic amines is 1. The van der Waals surface area contributed by atoms with E-state index in [2.05, 4.69) is 9.72 Å². The summed E-state index contributed by atoms with van der Waals surface area (Å²) in [5.41, 5.74) is -1.37. The van der Waals surface area contributed by atoms with Crippen molar-refractivity contribution in [3.05, 3.63) is 31.2 Å². The normalized spacial score (nSPS) is 10.6. The molecular formula is C9H8F2INO3. The van der Waals surface area contributed by atoms with Gasteiger partial charge in [0.2, 0.25) is 0 Å². The molecule has 0 fully saturated rings. The second kappa shape index (κ2) is 5.37. The Kier molecular flexibility index (Phi) is 4.39. The molecule has 1 N–H and O–H groups in total. The summed E-state index contributed by atoms with van der Waals surface area (Å²) in [6, 6.07) is 1.14. The third kappa shape index (κ3) is 3.00. The first-order chi connectivity index (χ1) is 7.45. The van der Waals surface area contributed by atoms with E-state index >= 15 is 0 Å². The minimum atomic E-state index is -2.80. The van der Waals surface area contributed by atoms with Gasteiger partial charge in [0.1, 0.15) is 0 Å². The minimum absolute atomic E-state index is 0.248. The highest BCUT2D eigenvalue weighted by Gasteiger charge is 2.19. The summed E-state index contributed by atoms with van der Waals surface area (Å²) < 4.78 is 29.9. The van der Waals surface area contributed by atoms with Crippen LogP contribution in [0.3, 0.4) is 0 Å². The molecule has 88 valence electrons. The number of esters is 1. The summed E-state index contributed by atoms with van der Waals surface area (Å²) in [5, 5.41) is 0. The lowest BCUT2D eigenvalue weighted by Gasteiger charge is -2.07. The monoisotopic (exact) mass is 343 g/mol. The van der Waals surface area contributed by atoms with Crippen LogP contribution in [-0.4, -0.2) is 18.1 Å². The van der Waals surface area contributed by atoms with Crippen LogP contribution in [-0.2, 0) is 16.0 Å². The van der Waals surface area contributed by atoms with Crippen LogP contribution < -0.4 is 5.56 Å². The van der Waals surface area contributed by atoms with Crippen molar-refractivity contribution in [3.8, 4) is 0 Å². The van der Waals surface area contributed by atoms with Crippen LogP contribution in [0.4, 0.5) is 8.78 Å². The number of methoxy groups -OCH3 is 1. The topological polar surface area (TPSA) is 59.2 Å². The lowest BCUT2D eigenvalue weighted by molar-refractivity contribution is -0.139. The summed E-state index contributed by atoms with van der Waals surface area (Å²) in [4.78, 5) is 24.7. The van der Waals surface area contributed by atoms with Crippen LogP contribution in [0.5, 0.6) is 0 Å². The molecule has 0 aromatic carbocycles. The number of rotatable bonds is 3. The van der Waals surface area contributed by atoms with Gasteiger partial charge in [0.05, 0.1) is 17.2 Å². The standard InChI is InChI=1S/C9H8F2INO3/c1-16-7(14)3-5-4(8(10)11)2-6(12)13-9(5)15/h2,8H,3H2,1H3,(H,13,15). The van der Waals surface area contributed by atoms with Gasteiger partial charge < -0.3 is 9.72 Å². The summed E-state index contributed by atoms with van der Waals surface area (Å²) in [6.45, 7) is 0. The fraction of sp³-hybridized carbons (Fsp3) is 0.333. The number of hydrogen-bond donors (Lipinski definition) is 1. The Morgan fingerprint density at radius 1 is 1.62 bits per heavy atom. The van der Waals surface area contributed by atoms with Crippen molar-refractivity contribution in [1.82, 2.24) is 4.98 Å². The molecule has 0 bridgehead atoms. The number of H-pyrrole nitrogens is 1. The molecule has 0 amide bonds. The Morgan fingerprint density at radius 2 is 2.25 bits per heavy atom. The highest BCUT2D eigenvalue weighted by molar-refractivity contribution is 14.1. The molecule has 0 atom stereocenters. The SMILES string of the molecule is COC(=O)Cc1c(C(F)F)cc(I)[nH]c1=O. The third-order valence-electron chi connectivity index (χ3n) is 1.92. The van der Waals surface area contributed by atoms with Gasteiger partial charge in [0.15, 0.2) is 0 Å². The van der Waals surface area contributed by atoms with Crippen molar-refractivity contribution in [2.45, 2.75) is 12.8 Å². The molecule has 16 heavy (non-hydrogen) atoms. The predicted molar refractivity (Wildman–Crippen MR) is 60.5 cm³/mol. The maximum atomic E-state index is 12.6. The molecule has 0 unspecified atom stereocenters. The van der Waals surface area contributed by atoms with Gasteiger partial charge in [0.25, 0.3) is 12.0 Å². The van der Waals surface area contributed by atoms with Gasteiger partial charge in [-0.1, -0.05) is 0 Å². The van der Waals surface area contributed by atoms with Gasteiger partial charge in [0, 0.05) is 11.1 Å². The van der Waals surface area contributed by atoms with E-state index < -0.39 is 29.9 Å². The number of ether oxygens (including phenoxy) is 1. The molecule has 1 heterocycles. The maximum Gasteiger partial charge on any atom is 0.310 e. The number of pyridine rings is 1. The number of carbonyl (C=O) groups is 1. The summed E-state index contributed by atoms with van der Waals surface area (Å²) in [7, 11) is 1.13. The van der Waals surface area contributed by atoms with Crippen LogP contribution in [0.1, 0.15) is 17.6 Å². The van der Waals surface area contributed by atoms with Crippen LogP contribution in [0.25, 0.3) is 0 Å². The van der Waals surface area contributed by atoms with E-state index in [1.807, 2.05) is 0 Å². The highest BCUT2D eigenvalue weighted by Crippen LogP contribution is 2.22. The van der Waals surface area contributed by atoms with Crippen molar-refractivity contribution in [2.75, 3.05) is 7.11 Å². The highest BCUT2D eigenvalue weighted by atomic mass is 127. The second-order valence-electron chi connectivity index (χ2n) is 2.93. The Hall–Kier alpha value is -0.990. The second-order valence-corrected chi connectivity index (χ2v) is 4.10. The van der Waals surface area contributed by atoms with E-state index in [0.29, 0.717) is 3.70 Å². The van der Waals surface area contributed by atoms with Crippen molar-refractivity contribution in [2.24, 2.45) is 0 Å². The molecule has 1 rings (SSSR count). The molecule has 0 radical (unpaired) electrons. The molecule has 1 aromatic rings.